The van der Waals surface area contributed by atoms with Crippen molar-refractivity contribution in [3.63, 3.8) is 0 Å². The predicted octanol–water partition coefficient (Wildman–Crippen LogP) is 3.10. The minimum Gasteiger partial charge on any atom is -0.368 e. The summed E-state index contributed by atoms with van der Waals surface area (Å²) in [6.45, 7) is 6.39. The number of pyridine rings is 1. The van der Waals surface area contributed by atoms with E-state index in [1.165, 1.54) is 11.1 Å². The standard InChI is InChI=1S/C16H22N4/c1-11(2)18-15-5-4-14-16(19-15)13(10-17-14)12-6-8-20(3)9-7-12/h4-6,10-11,17H,7-9H2,1-3H3,(H,18,19). The van der Waals surface area contributed by atoms with E-state index in [0.717, 1.165) is 36.4 Å². The van der Waals surface area contributed by atoms with Crippen LogP contribution in [0.2, 0.25) is 0 Å². The van der Waals surface area contributed by atoms with E-state index in [0.29, 0.717) is 6.04 Å². The lowest BCUT2D eigenvalue weighted by Gasteiger charge is -2.21. The average Bonchev–Trinajstić information content (AvgIpc) is 2.82. The zero-order valence-corrected chi connectivity index (χ0v) is 12.4. The van der Waals surface area contributed by atoms with Crippen LogP contribution in [-0.2, 0) is 0 Å². The Labute approximate surface area is 119 Å². The summed E-state index contributed by atoms with van der Waals surface area (Å²) in [6.07, 6.45) is 5.50. The van der Waals surface area contributed by atoms with E-state index >= 15 is 0 Å². The molecule has 0 aliphatic carbocycles. The number of nitrogens with one attached hydrogen (secondary N) is 2. The summed E-state index contributed by atoms with van der Waals surface area (Å²) >= 11 is 0. The molecule has 20 heavy (non-hydrogen) atoms. The van der Waals surface area contributed by atoms with Gasteiger partial charge in [0, 0.05) is 30.9 Å². The third kappa shape index (κ3) is 2.56. The van der Waals surface area contributed by atoms with Crippen molar-refractivity contribution in [2.45, 2.75) is 26.3 Å². The molecule has 2 N–H and O–H groups in total. The van der Waals surface area contributed by atoms with Gasteiger partial charge in [0.15, 0.2) is 0 Å². The predicted molar refractivity (Wildman–Crippen MR) is 84.9 cm³/mol. The molecule has 106 valence electrons. The Morgan fingerprint density at radius 1 is 1.35 bits per heavy atom. The van der Waals surface area contributed by atoms with Crippen LogP contribution < -0.4 is 5.32 Å². The summed E-state index contributed by atoms with van der Waals surface area (Å²) in [7, 11) is 2.16. The van der Waals surface area contributed by atoms with Gasteiger partial charge in [-0.2, -0.15) is 0 Å². The number of H-pyrrole nitrogens is 1. The fraction of sp³-hybridized carbons (Fsp3) is 0.438. The first-order chi connectivity index (χ1) is 9.63. The van der Waals surface area contributed by atoms with Gasteiger partial charge in [0.05, 0.1) is 11.0 Å². The van der Waals surface area contributed by atoms with Gasteiger partial charge in [0.2, 0.25) is 0 Å². The van der Waals surface area contributed by atoms with Gasteiger partial charge < -0.3 is 15.2 Å². The Morgan fingerprint density at radius 2 is 2.20 bits per heavy atom. The average molecular weight is 270 g/mol. The Balaban J connectivity index is 1.99. The molecule has 4 nitrogen and oxygen atoms in total. The molecule has 0 bridgehead atoms. The number of fused-ring (bicyclic) bond motifs is 1. The highest BCUT2D eigenvalue weighted by Gasteiger charge is 2.14. The molecule has 3 heterocycles. The number of nitrogens with zero attached hydrogens (tertiary/aromatic N) is 2. The highest BCUT2D eigenvalue weighted by Crippen LogP contribution is 2.28. The van der Waals surface area contributed by atoms with E-state index in [4.69, 9.17) is 4.98 Å². The van der Waals surface area contributed by atoms with E-state index in [-0.39, 0.29) is 0 Å². The highest BCUT2D eigenvalue weighted by atomic mass is 15.1. The van der Waals surface area contributed by atoms with Gasteiger partial charge in [0.1, 0.15) is 5.82 Å². The smallest absolute Gasteiger partial charge is 0.126 e. The second kappa shape index (κ2) is 5.29. The molecule has 4 heteroatoms. The Morgan fingerprint density at radius 3 is 2.90 bits per heavy atom. The molecule has 3 rings (SSSR count). The van der Waals surface area contributed by atoms with Crippen LogP contribution in [0.1, 0.15) is 25.8 Å². The van der Waals surface area contributed by atoms with Gasteiger partial charge in [0.25, 0.3) is 0 Å². The van der Waals surface area contributed by atoms with Gasteiger partial charge in [-0.25, -0.2) is 4.98 Å². The van der Waals surface area contributed by atoms with Crippen LogP contribution in [0.3, 0.4) is 0 Å². The molecular formula is C16H22N4. The molecule has 2 aromatic heterocycles. The van der Waals surface area contributed by atoms with Crippen molar-refractivity contribution in [3.05, 3.63) is 30.0 Å². The second-order valence-corrected chi connectivity index (χ2v) is 5.84. The molecular weight excluding hydrogens is 248 g/mol. The molecule has 0 spiro atoms. The quantitative estimate of drug-likeness (QED) is 0.900. The monoisotopic (exact) mass is 270 g/mol. The number of aromatic amines is 1. The van der Waals surface area contributed by atoms with Gasteiger partial charge >= 0.3 is 0 Å². The van der Waals surface area contributed by atoms with Crippen molar-refractivity contribution in [1.29, 1.82) is 0 Å². The molecule has 1 aliphatic heterocycles. The minimum absolute atomic E-state index is 0.393. The Hall–Kier alpha value is -1.81. The van der Waals surface area contributed by atoms with E-state index in [1.807, 2.05) is 6.07 Å². The molecule has 0 radical (unpaired) electrons. The third-order valence-corrected chi connectivity index (χ3v) is 3.72. The fourth-order valence-corrected chi connectivity index (χ4v) is 2.64. The summed E-state index contributed by atoms with van der Waals surface area (Å²) in [6, 6.07) is 4.53. The van der Waals surface area contributed by atoms with Gasteiger partial charge in [-0.3, -0.25) is 0 Å². The fourth-order valence-electron chi connectivity index (χ4n) is 2.64. The maximum atomic E-state index is 4.77. The van der Waals surface area contributed by atoms with Crippen LogP contribution in [-0.4, -0.2) is 41.0 Å². The molecule has 0 amide bonds. The van der Waals surface area contributed by atoms with Gasteiger partial charge in [-0.1, -0.05) is 6.08 Å². The van der Waals surface area contributed by atoms with Crippen LogP contribution in [0.4, 0.5) is 5.82 Å². The van der Waals surface area contributed by atoms with Crippen molar-refractivity contribution in [1.82, 2.24) is 14.9 Å². The third-order valence-electron chi connectivity index (χ3n) is 3.72. The van der Waals surface area contributed by atoms with Crippen molar-refractivity contribution in [2.75, 3.05) is 25.5 Å². The van der Waals surface area contributed by atoms with E-state index in [9.17, 15) is 0 Å². The topological polar surface area (TPSA) is 44.0 Å². The first-order valence-electron chi connectivity index (χ1n) is 7.26. The van der Waals surface area contributed by atoms with Crippen LogP contribution in [0.15, 0.2) is 24.4 Å². The van der Waals surface area contributed by atoms with Crippen molar-refractivity contribution in [2.24, 2.45) is 0 Å². The Kier molecular flexibility index (Phi) is 3.49. The number of likely N-dealkylation sites (N-methyl/N-ethyl adjacent to an activating group) is 1. The zero-order valence-electron chi connectivity index (χ0n) is 12.4. The number of rotatable bonds is 3. The number of hydrogen-bond donors (Lipinski definition) is 2. The largest absolute Gasteiger partial charge is 0.368 e. The maximum Gasteiger partial charge on any atom is 0.126 e. The maximum absolute atomic E-state index is 4.77. The summed E-state index contributed by atoms with van der Waals surface area (Å²) in [5.41, 5.74) is 4.84. The molecule has 2 aromatic rings. The molecule has 0 fully saturated rings. The van der Waals surface area contributed by atoms with Crippen LogP contribution >= 0.6 is 0 Å². The van der Waals surface area contributed by atoms with Gasteiger partial charge in [-0.05, 0) is 45.0 Å². The molecule has 0 saturated heterocycles. The van der Waals surface area contributed by atoms with E-state index in [2.05, 4.69) is 54.4 Å². The lowest BCUT2D eigenvalue weighted by atomic mass is 10.0. The number of hydrogen-bond acceptors (Lipinski definition) is 3. The van der Waals surface area contributed by atoms with E-state index < -0.39 is 0 Å². The molecule has 1 aliphatic rings. The lowest BCUT2D eigenvalue weighted by Crippen LogP contribution is -2.23. The van der Waals surface area contributed by atoms with Gasteiger partial charge in [-0.15, -0.1) is 0 Å². The van der Waals surface area contributed by atoms with Crippen LogP contribution in [0, 0.1) is 0 Å². The second-order valence-electron chi connectivity index (χ2n) is 5.84. The summed E-state index contributed by atoms with van der Waals surface area (Å²) < 4.78 is 0. The van der Waals surface area contributed by atoms with Crippen LogP contribution in [0.25, 0.3) is 16.6 Å². The van der Waals surface area contributed by atoms with Crippen molar-refractivity contribution >= 4 is 22.4 Å². The number of aromatic nitrogens is 2. The van der Waals surface area contributed by atoms with Crippen molar-refractivity contribution < 1.29 is 0 Å². The first-order valence-corrected chi connectivity index (χ1v) is 7.26. The molecule has 0 unspecified atom stereocenters. The minimum atomic E-state index is 0.393. The summed E-state index contributed by atoms with van der Waals surface area (Å²) in [5, 5.41) is 3.37. The normalized spacial score (nSPS) is 16.7. The number of anilines is 1. The van der Waals surface area contributed by atoms with Crippen LogP contribution in [0.5, 0.6) is 0 Å². The zero-order chi connectivity index (χ0) is 14.1. The van der Waals surface area contributed by atoms with E-state index in [1.54, 1.807) is 0 Å². The first kappa shape index (κ1) is 13.2. The molecule has 0 saturated carbocycles. The SMILES string of the molecule is CC(C)Nc1ccc2[nH]cc(C3=CCN(C)CC3)c2n1. The molecule has 0 aromatic carbocycles. The highest BCUT2D eigenvalue weighted by molar-refractivity contribution is 5.90. The van der Waals surface area contributed by atoms with Crippen molar-refractivity contribution in [3.8, 4) is 0 Å². The molecule has 0 atom stereocenters. The summed E-state index contributed by atoms with van der Waals surface area (Å²) in [5.74, 6) is 0.946. The summed E-state index contributed by atoms with van der Waals surface area (Å²) in [4.78, 5) is 10.4. The Bertz CT molecular complexity index is 639. The lowest BCUT2D eigenvalue weighted by molar-refractivity contribution is 0.370.